The van der Waals surface area contributed by atoms with Crippen molar-refractivity contribution in [1.29, 1.82) is 0 Å². The van der Waals surface area contributed by atoms with Crippen molar-refractivity contribution < 1.29 is 19.4 Å². The number of carbonyl (C=O) groups excluding carboxylic acids is 2. The van der Waals surface area contributed by atoms with Crippen molar-refractivity contribution in [3.63, 3.8) is 0 Å². The molecule has 1 N–H and O–H groups in total. The monoisotopic (exact) mass is 655 g/mol. The molecular formula is C41H57N3O4. The zero-order valence-corrected chi connectivity index (χ0v) is 29.7. The molecule has 10 atom stereocenters. The van der Waals surface area contributed by atoms with Gasteiger partial charge in [0.25, 0.3) is 5.91 Å². The van der Waals surface area contributed by atoms with Crippen LogP contribution < -0.4 is 0 Å². The second-order valence-electron chi connectivity index (χ2n) is 17.2. The second kappa shape index (κ2) is 12.1. The summed E-state index contributed by atoms with van der Waals surface area (Å²) in [6.07, 6.45) is 10.8. The number of fused-ring (bicyclic) bond motifs is 6. The first-order chi connectivity index (χ1) is 23.1. The third kappa shape index (κ3) is 4.99. The van der Waals surface area contributed by atoms with Gasteiger partial charge in [0.2, 0.25) is 5.91 Å². The highest BCUT2D eigenvalue weighted by atomic mass is 16.5. The maximum atomic E-state index is 13.9. The molecule has 6 fully saturated rings. The Hall–Kier alpha value is -2.48. The predicted molar refractivity (Wildman–Crippen MR) is 188 cm³/mol. The van der Waals surface area contributed by atoms with Gasteiger partial charge >= 0.3 is 0 Å². The fourth-order valence-corrected chi connectivity index (χ4v) is 12.4. The Morgan fingerprint density at radius 2 is 1.60 bits per heavy atom. The average Bonchev–Trinajstić information content (AvgIpc) is 3.70. The molecule has 0 radical (unpaired) electrons. The summed E-state index contributed by atoms with van der Waals surface area (Å²) in [5.41, 5.74) is 1.16. The lowest BCUT2D eigenvalue weighted by atomic mass is 9.44. The number of hydrogen-bond donors (Lipinski definition) is 1. The van der Waals surface area contributed by atoms with Crippen LogP contribution in [0, 0.1) is 34.5 Å². The number of aliphatic hydroxyl groups is 1. The summed E-state index contributed by atoms with van der Waals surface area (Å²) in [5, 5.41) is 13.8. The summed E-state index contributed by atoms with van der Waals surface area (Å²) >= 11 is 0. The van der Waals surface area contributed by atoms with E-state index in [-0.39, 0.29) is 46.4 Å². The third-order valence-corrected chi connectivity index (χ3v) is 15.6. The molecule has 8 rings (SSSR count). The van der Waals surface area contributed by atoms with E-state index in [1.807, 2.05) is 53.3 Å². The summed E-state index contributed by atoms with van der Waals surface area (Å²) in [7, 11) is 1.92. The number of ether oxygens (including phenoxy) is 1. The standard InChI is InChI=1S/C41H57N3O4/c1-39-26-35(36(45)25-30(39)13-14-31-32(39)15-17-40(2)33(31)16-18-41(40,3)48-4)42-20-22-43(23-21-42)38(47)34-10-7-19-44(34)37(46)29-12-11-27-8-5-6-9-28(27)24-29/h5-6,8-9,11-12,24,30-36,45H,7,10,13-23,25-26H2,1-4H3. The Balaban J connectivity index is 0.923. The van der Waals surface area contributed by atoms with Crippen LogP contribution in [-0.2, 0) is 9.53 Å². The molecule has 6 aliphatic rings. The SMILES string of the molecule is COC1(C)CCC2C3CCC4CC(O)C(N5CCN(C(=O)C6CCCN6C(=O)c6ccc7ccccc7c6)CC5)CC4(C)C3CCC21C. The van der Waals surface area contributed by atoms with Crippen LogP contribution in [0.1, 0.15) is 95.3 Å². The lowest BCUT2D eigenvalue weighted by molar-refractivity contribution is -0.174. The number of hydrogen-bond acceptors (Lipinski definition) is 5. The van der Waals surface area contributed by atoms with Crippen LogP contribution in [0.2, 0.25) is 0 Å². The highest BCUT2D eigenvalue weighted by Crippen LogP contribution is 2.69. The molecule has 2 aromatic carbocycles. The molecular weight excluding hydrogens is 598 g/mol. The minimum Gasteiger partial charge on any atom is -0.391 e. The molecule has 2 saturated heterocycles. The van der Waals surface area contributed by atoms with Crippen molar-refractivity contribution in [2.45, 2.75) is 109 Å². The van der Waals surface area contributed by atoms with Crippen molar-refractivity contribution >= 4 is 22.6 Å². The molecule has 0 bridgehead atoms. The molecule has 0 aromatic heterocycles. The number of rotatable bonds is 4. The van der Waals surface area contributed by atoms with E-state index in [4.69, 9.17) is 4.74 Å². The summed E-state index contributed by atoms with van der Waals surface area (Å²) < 4.78 is 6.22. The van der Waals surface area contributed by atoms with E-state index in [9.17, 15) is 14.7 Å². The van der Waals surface area contributed by atoms with E-state index >= 15 is 0 Å². The van der Waals surface area contributed by atoms with Crippen molar-refractivity contribution in [1.82, 2.24) is 14.7 Å². The van der Waals surface area contributed by atoms with E-state index in [0.717, 1.165) is 67.3 Å². The Morgan fingerprint density at radius 3 is 2.38 bits per heavy atom. The van der Waals surface area contributed by atoms with Gasteiger partial charge < -0.3 is 19.6 Å². The van der Waals surface area contributed by atoms with Crippen molar-refractivity contribution in [3.05, 3.63) is 48.0 Å². The molecule has 2 heterocycles. The third-order valence-electron chi connectivity index (χ3n) is 15.6. The quantitative estimate of drug-likeness (QED) is 0.414. The predicted octanol–water partition coefficient (Wildman–Crippen LogP) is 6.38. The zero-order chi connectivity index (χ0) is 33.4. The number of carbonyl (C=O) groups is 2. The minimum absolute atomic E-state index is 0.0119. The van der Waals surface area contributed by atoms with Gasteiger partial charge in [0.15, 0.2) is 0 Å². The van der Waals surface area contributed by atoms with E-state index < -0.39 is 0 Å². The maximum absolute atomic E-state index is 13.9. The molecule has 0 spiro atoms. The van der Waals surface area contributed by atoms with Crippen LogP contribution >= 0.6 is 0 Å². The Bertz CT molecular complexity index is 1560. The number of nitrogens with zero attached hydrogens (tertiary/aromatic N) is 3. The zero-order valence-electron chi connectivity index (χ0n) is 29.7. The summed E-state index contributed by atoms with van der Waals surface area (Å²) in [5.74, 6) is 2.88. The second-order valence-corrected chi connectivity index (χ2v) is 17.2. The van der Waals surface area contributed by atoms with Crippen LogP contribution in [0.3, 0.4) is 0 Å². The normalized spacial score (nSPS) is 41.6. The minimum atomic E-state index is -0.387. The van der Waals surface area contributed by atoms with Crippen LogP contribution in [0.15, 0.2) is 42.5 Å². The van der Waals surface area contributed by atoms with Gasteiger partial charge in [-0.05, 0) is 129 Å². The van der Waals surface area contributed by atoms with E-state index in [2.05, 4.69) is 31.7 Å². The number of aliphatic hydroxyl groups excluding tert-OH is 1. The van der Waals surface area contributed by atoms with E-state index in [1.165, 1.54) is 38.5 Å². The summed E-state index contributed by atoms with van der Waals surface area (Å²) in [6, 6.07) is 13.7. The van der Waals surface area contributed by atoms with Gasteiger partial charge in [0.1, 0.15) is 6.04 Å². The molecule has 260 valence electrons. The smallest absolute Gasteiger partial charge is 0.254 e. The van der Waals surface area contributed by atoms with Gasteiger partial charge in [-0.2, -0.15) is 0 Å². The number of piperazine rings is 1. The van der Waals surface area contributed by atoms with Gasteiger partial charge in [-0.25, -0.2) is 0 Å². The average molecular weight is 656 g/mol. The van der Waals surface area contributed by atoms with Gasteiger partial charge in [-0.3, -0.25) is 14.5 Å². The van der Waals surface area contributed by atoms with Crippen molar-refractivity contribution in [2.24, 2.45) is 34.5 Å². The molecule has 4 saturated carbocycles. The van der Waals surface area contributed by atoms with Crippen molar-refractivity contribution in [3.8, 4) is 0 Å². The van der Waals surface area contributed by atoms with Crippen LogP contribution in [0.4, 0.5) is 0 Å². The Morgan fingerprint density at radius 1 is 0.854 bits per heavy atom. The van der Waals surface area contributed by atoms with Crippen LogP contribution in [0.5, 0.6) is 0 Å². The maximum Gasteiger partial charge on any atom is 0.254 e. The van der Waals surface area contributed by atoms with E-state index in [1.54, 1.807) is 0 Å². The molecule has 2 aliphatic heterocycles. The van der Waals surface area contributed by atoms with E-state index in [0.29, 0.717) is 31.1 Å². The summed E-state index contributed by atoms with van der Waals surface area (Å²) in [4.78, 5) is 33.9. The number of methoxy groups -OCH3 is 1. The molecule has 7 nitrogen and oxygen atoms in total. The number of likely N-dealkylation sites (tertiary alicyclic amines) is 1. The fourth-order valence-electron chi connectivity index (χ4n) is 12.4. The largest absolute Gasteiger partial charge is 0.391 e. The van der Waals surface area contributed by atoms with Gasteiger partial charge in [0.05, 0.1) is 11.7 Å². The first-order valence-electron chi connectivity index (χ1n) is 19.1. The molecule has 48 heavy (non-hydrogen) atoms. The first kappa shape index (κ1) is 32.7. The lowest BCUT2D eigenvalue weighted by Gasteiger charge is -2.63. The first-order valence-corrected chi connectivity index (χ1v) is 19.1. The van der Waals surface area contributed by atoms with Gasteiger partial charge in [-0.1, -0.05) is 44.2 Å². The topological polar surface area (TPSA) is 73.3 Å². The highest BCUT2D eigenvalue weighted by Gasteiger charge is 2.64. The Kier molecular flexibility index (Phi) is 8.24. The fraction of sp³-hybridized carbons (Fsp3) is 0.707. The molecule has 2 aromatic rings. The van der Waals surface area contributed by atoms with Gasteiger partial charge in [0, 0.05) is 51.4 Å². The lowest BCUT2D eigenvalue weighted by Crippen LogP contribution is -2.63. The molecule has 7 heteroatoms. The number of amides is 2. The molecule has 10 unspecified atom stereocenters. The highest BCUT2D eigenvalue weighted by molar-refractivity contribution is 6.01. The molecule has 2 amide bonds. The summed E-state index contributed by atoms with van der Waals surface area (Å²) in [6.45, 7) is 11.0. The van der Waals surface area contributed by atoms with Crippen LogP contribution in [0.25, 0.3) is 10.8 Å². The van der Waals surface area contributed by atoms with Crippen LogP contribution in [-0.4, -0.2) is 95.2 Å². The van der Waals surface area contributed by atoms with Crippen molar-refractivity contribution in [2.75, 3.05) is 39.8 Å². The Labute approximate surface area is 287 Å². The molecule has 4 aliphatic carbocycles. The van der Waals surface area contributed by atoms with Gasteiger partial charge in [-0.15, -0.1) is 0 Å². The number of benzene rings is 2.